The van der Waals surface area contributed by atoms with Crippen LogP contribution in [-0.2, 0) is 20.7 Å². The quantitative estimate of drug-likeness (QED) is 0.662. The third-order valence-corrected chi connectivity index (χ3v) is 3.28. The van der Waals surface area contributed by atoms with Gasteiger partial charge in [0.15, 0.2) is 12.0 Å². The van der Waals surface area contributed by atoms with E-state index in [9.17, 15) is 28.6 Å². The van der Waals surface area contributed by atoms with Gasteiger partial charge in [-0.3, -0.25) is 9.36 Å². The van der Waals surface area contributed by atoms with Crippen molar-refractivity contribution < 1.29 is 33.3 Å². The van der Waals surface area contributed by atoms with Crippen LogP contribution in [0.1, 0.15) is 11.9 Å². The molecule has 1 aliphatic heterocycles. The van der Waals surface area contributed by atoms with Gasteiger partial charge in [0, 0.05) is 6.20 Å². The SMILES string of the molecule is COC(=O)Cc1nc(=O)n([C@@H]2O[C@H](CF)[C@@H](O)[C@H]2O)cc1F. The number of alkyl halides is 1. The van der Waals surface area contributed by atoms with Crippen molar-refractivity contribution in [2.24, 2.45) is 0 Å². The minimum atomic E-state index is -1.62. The lowest BCUT2D eigenvalue weighted by Crippen LogP contribution is -2.36. The van der Waals surface area contributed by atoms with Crippen LogP contribution in [0.4, 0.5) is 8.78 Å². The minimum Gasteiger partial charge on any atom is -0.469 e. The lowest BCUT2D eigenvalue weighted by molar-refractivity contribution is -0.139. The van der Waals surface area contributed by atoms with Crippen molar-refractivity contribution in [1.29, 1.82) is 0 Å². The molecule has 4 atom stereocenters. The lowest BCUT2D eigenvalue weighted by atomic mass is 10.1. The summed E-state index contributed by atoms with van der Waals surface area (Å²) in [6, 6.07) is 0. The largest absolute Gasteiger partial charge is 0.469 e. The number of aromatic nitrogens is 2. The molecule has 122 valence electrons. The average Bonchev–Trinajstić information content (AvgIpc) is 2.78. The molecular formula is C12H14F2N2O6. The van der Waals surface area contributed by atoms with E-state index in [4.69, 9.17) is 4.74 Å². The van der Waals surface area contributed by atoms with Gasteiger partial charge in [-0.2, -0.15) is 4.98 Å². The van der Waals surface area contributed by atoms with Gasteiger partial charge in [-0.1, -0.05) is 0 Å². The monoisotopic (exact) mass is 320 g/mol. The van der Waals surface area contributed by atoms with Crippen LogP contribution in [-0.4, -0.2) is 57.8 Å². The summed E-state index contributed by atoms with van der Waals surface area (Å²) in [5.74, 6) is -1.78. The highest BCUT2D eigenvalue weighted by Gasteiger charge is 2.44. The first-order chi connectivity index (χ1) is 10.4. The predicted molar refractivity (Wildman–Crippen MR) is 66.1 cm³/mol. The van der Waals surface area contributed by atoms with E-state index < -0.39 is 60.8 Å². The van der Waals surface area contributed by atoms with Gasteiger partial charge in [0.2, 0.25) is 0 Å². The van der Waals surface area contributed by atoms with Gasteiger partial charge in [0.05, 0.1) is 19.2 Å². The van der Waals surface area contributed by atoms with Crippen LogP contribution in [0.2, 0.25) is 0 Å². The molecule has 2 N–H and O–H groups in total. The Labute approximate surface area is 122 Å². The fourth-order valence-electron chi connectivity index (χ4n) is 2.08. The van der Waals surface area contributed by atoms with Crippen molar-refractivity contribution >= 4 is 5.97 Å². The zero-order valence-corrected chi connectivity index (χ0v) is 11.5. The molecule has 0 saturated carbocycles. The molecule has 1 saturated heterocycles. The molecule has 0 amide bonds. The fourth-order valence-corrected chi connectivity index (χ4v) is 2.08. The van der Waals surface area contributed by atoms with Gasteiger partial charge in [-0.25, -0.2) is 13.6 Å². The van der Waals surface area contributed by atoms with E-state index in [1.54, 1.807) is 0 Å². The topological polar surface area (TPSA) is 111 Å². The number of aliphatic hydroxyl groups is 2. The third-order valence-electron chi connectivity index (χ3n) is 3.28. The number of nitrogens with zero attached hydrogens (tertiary/aromatic N) is 2. The Morgan fingerprint density at radius 2 is 2.18 bits per heavy atom. The number of carbonyl (C=O) groups is 1. The molecule has 0 radical (unpaired) electrons. The van der Waals surface area contributed by atoms with E-state index in [2.05, 4.69) is 9.72 Å². The van der Waals surface area contributed by atoms with Gasteiger partial charge in [-0.05, 0) is 0 Å². The third kappa shape index (κ3) is 2.98. The Balaban J connectivity index is 2.32. The number of hydrogen-bond donors (Lipinski definition) is 2. The van der Waals surface area contributed by atoms with Crippen LogP contribution in [0, 0.1) is 5.82 Å². The molecule has 0 aromatic carbocycles. The van der Waals surface area contributed by atoms with Gasteiger partial charge in [0.1, 0.15) is 25.0 Å². The molecule has 1 aromatic heterocycles. The normalized spacial score (nSPS) is 27.9. The highest BCUT2D eigenvalue weighted by Crippen LogP contribution is 2.28. The Bertz CT molecular complexity index is 622. The zero-order valence-electron chi connectivity index (χ0n) is 11.5. The summed E-state index contributed by atoms with van der Waals surface area (Å²) in [5.41, 5.74) is -1.45. The second-order valence-corrected chi connectivity index (χ2v) is 4.68. The second-order valence-electron chi connectivity index (χ2n) is 4.68. The first-order valence-electron chi connectivity index (χ1n) is 6.31. The number of halogens is 2. The molecule has 10 heteroatoms. The summed E-state index contributed by atoms with van der Waals surface area (Å²) in [7, 11) is 1.10. The first kappa shape index (κ1) is 16.5. The van der Waals surface area contributed by atoms with Gasteiger partial charge >= 0.3 is 11.7 Å². The van der Waals surface area contributed by atoms with E-state index in [-0.39, 0.29) is 0 Å². The van der Waals surface area contributed by atoms with Gasteiger partial charge in [0.25, 0.3) is 0 Å². The number of ether oxygens (including phenoxy) is 2. The molecule has 2 heterocycles. The highest BCUT2D eigenvalue weighted by molar-refractivity contribution is 5.71. The maximum absolute atomic E-state index is 13.9. The van der Waals surface area contributed by atoms with Crippen molar-refractivity contribution in [2.45, 2.75) is 31.0 Å². The maximum atomic E-state index is 13.9. The molecule has 0 spiro atoms. The smallest absolute Gasteiger partial charge is 0.350 e. The Kier molecular flexibility index (Phi) is 4.84. The van der Waals surface area contributed by atoms with Crippen molar-refractivity contribution in [3.05, 3.63) is 28.2 Å². The fraction of sp³-hybridized carbons (Fsp3) is 0.583. The Morgan fingerprint density at radius 1 is 1.50 bits per heavy atom. The first-order valence-corrected chi connectivity index (χ1v) is 6.31. The molecule has 22 heavy (non-hydrogen) atoms. The molecule has 1 aromatic rings. The minimum absolute atomic E-state index is 0.428. The summed E-state index contributed by atoms with van der Waals surface area (Å²) < 4.78 is 36.4. The summed E-state index contributed by atoms with van der Waals surface area (Å²) >= 11 is 0. The van der Waals surface area contributed by atoms with Crippen LogP contribution in [0.5, 0.6) is 0 Å². The van der Waals surface area contributed by atoms with Gasteiger partial charge in [-0.15, -0.1) is 0 Å². The maximum Gasteiger partial charge on any atom is 0.350 e. The number of rotatable bonds is 4. The van der Waals surface area contributed by atoms with Crippen molar-refractivity contribution in [3.8, 4) is 0 Å². The molecular weight excluding hydrogens is 306 g/mol. The van der Waals surface area contributed by atoms with Crippen LogP contribution >= 0.6 is 0 Å². The lowest BCUT2D eigenvalue weighted by Gasteiger charge is -2.17. The standard InChI is InChI=1S/C12H14F2N2O6/c1-21-8(17)2-6-5(14)4-16(12(20)15-6)11-10(19)9(18)7(3-13)22-11/h4,7,9-11,18-19H,2-3H2,1H3/t7-,9-,10-,11-/m1/s1. The predicted octanol–water partition coefficient (Wildman–Crippen LogP) is -1.31. The van der Waals surface area contributed by atoms with Crippen LogP contribution < -0.4 is 5.69 Å². The summed E-state index contributed by atoms with van der Waals surface area (Å²) in [6.07, 6.45) is -5.84. The number of aliphatic hydroxyl groups excluding tert-OH is 2. The van der Waals surface area contributed by atoms with Crippen LogP contribution in [0.15, 0.2) is 11.0 Å². The second kappa shape index (κ2) is 6.46. The zero-order chi connectivity index (χ0) is 16.4. The van der Waals surface area contributed by atoms with Crippen LogP contribution in [0.3, 0.4) is 0 Å². The number of carbonyl (C=O) groups excluding carboxylic acids is 1. The van der Waals surface area contributed by atoms with E-state index in [1.807, 2.05) is 0 Å². The Morgan fingerprint density at radius 3 is 2.73 bits per heavy atom. The summed E-state index contributed by atoms with van der Waals surface area (Å²) in [5, 5.41) is 19.3. The molecule has 1 fully saturated rings. The molecule has 0 unspecified atom stereocenters. The average molecular weight is 320 g/mol. The van der Waals surface area contributed by atoms with E-state index >= 15 is 0 Å². The van der Waals surface area contributed by atoms with Crippen molar-refractivity contribution in [1.82, 2.24) is 9.55 Å². The molecule has 1 aliphatic rings. The van der Waals surface area contributed by atoms with Crippen molar-refractivity contribution in [3.63, 3.8) is 0 Å². The van der Waals surface area contributed by atoms with Crippen LogP contribution in [0.25, 0.3) is 0 Å². The molecule has 0 aliphatic carbocycles. The van der Waals surface area contributed by atoms with Gasteiger partial charge < -0.3 is 19.7 Å². The Hall–Kier alpha value is -1.91. The van der Waals surface area contributed by atoms with Crippen molar-refractivity contribution in [2.75, 3.05) is 13.8 Å². The molecule has 8 nitrogen and oxygen atoms in total. The highest BCUT2D eigenvalue weighted by atomic mass is 19.1. The number of hydrogen-bond acceptors (Lipinski definition) is 7. The molecule has 2 rings (SSSR count). The van der Waals surface area contributed by atoms with E-state index in [0.717, 1.165) is 7.11 Å². The molecule has 0 bridgehead atoms. The number of esters is 1. The summed E-state index contributed by atoms with van der Waals surface area (Å²) in [6.45, 7) is -1.08. The summed E-state index contributed by atoms with van der Waals surface area (Å²) in [4.78, 5) is 26.3. The number of methoxy groups -OCH3 is 1. The van der Waals surface area contributed by atoms with E-state index in [0.29, 0.717) is 10.8 Å². The van der Waals surface area contributed by atoms with E-state index in [1.165, 1.54) is 0 Å².